The molecule has 0 saturated carbocycles. The van der Waals surface area contributed by atoms with Gasteiger partial charge in [0.2, 0.25) is 0 Å². The Labute approximate surface area is 109 Å². The molecule has 1 aromatic carbocycles. The normalized spacial score (nSPS) is 18.1. The third-order valence-corrected chi connectivity index (χ3v) is 3.75. The summed E-state index contributed by atoms with van der Waals surface area (Å²) in [7, 11) is 0. The number of rotatable bonds is 2. The van der Waals surface area contributed by atoms with Crippen LogP contribution in [0.4, 0.5) is 0 Å². The lowest BCUT2D eigenvalue weighted by atomic mass is 9.88. The maximum atomic E-state index is 12.0. The highest BCUT2D eigenvalue weighted by Gasteiger charge is 2.22. The van der Waals surface area contributed by atoms with E-state index in [0.29, 0.717) is 5.69 Å². The van der Waals surface area contributed by atoms with Gasteiger partial charge in [0.15, 0.2) is 5.69 Å². The molecule has 1 aliphatic rings. The Morgan fingerprint density at radius 1 is 1.39 bits per heavy atom. The van der Waals surface area contributed by atoms with Crippen molar-refractivity contribution in [2.75, 3.05) is 0 Å². The molecular weight excluding hydrogens is 246 g/mol. The van der Waals surface area contributed by atoms with Crippen LogP contribution in [-0.4, -0.2) is 14.7 Å². The second-order valence-corrected chi connectivity index (χ2v) is 4.97. The second kappa shape index (κ2) is 4.86. The number of aryl methyl sites for hydroxylation is 1. The lowest BCUT2D eigenvalue weighted by Gasteiger charge is -2.25. The quantitative estimate of drug-likeness (QED) is 0.900. The summed E-state index contributed by atoms with van der Waals surface area (Å²) in [5, 5.41) is 3.04. The number of hydrogen-bond acceptors (Lipinski definition) is 4. The molecule has 0 radical (unpaired) electrons. The molecule has 18 heavy (non-hydrogen) atoms. The molecular formula is C13H13N3OS. The Balaban J connectivity index is 1.80. The van der Waals surface area contributed by atoms with Crippen LogP contribution in [0.1, 0.15) is 40.5 Å². The summed E-state index contributed by atoms with van der Waals surface area (Å²) >= 11 is 1.05. The Morgan fingerprint density at radius 2 is 2.28 bits per heavy atom. The molecule has 3 rings (SSSR count). The lowest BCUT2D eigenvalue weighted by Crippen LogP contribution is -2.31. The van der Waals surface area contributed by atoms with E-state index in [1.165, 1.54) is 17.3 Å². The predicted octanol–water partition coefficient (Wildman–Crippen LogP) is 2.35. The molecule has 4 nitrogen and oxygen atoms in total. The number of carbonyl (C=O) groups excluding carboxylic acids is 1. The number of aromatic nitrogens is 2. The summed E-state index contributed by atoms with van der Waals surface area (Å²) in [6.45, 7) is 0. The molecule has 1 amide bonds. The lowest BCUT2D eigenvalue weighted by molar-refractivity contribution is 0.0928. The number of carbonyl (C=O) groups is 1. The van der Waals surface area contributed by atoms with Crippen molar-refractivity contribution in [3.05, 3.63) is 47.3 Å². The molecule has 5 heteroatoms. The maximum Gasteiger partial charge on any atom is 0.273 e. The highest BCUT2D eigenvalue weighted by molar-refractivity contribution is 6.99. The van der Waals surface area contributed by atoms with Crippen LogP contribution in [-0.2, 0) is 6.42 Å². The van der Waals surface area contributed by atoms with Crippen molar-refractivity contribution in [3.63, 3.8) is 0 Å². The van der Waals surface area contributed by atoms with E-state index in [1.54, 1.807) is 0 Å². The molecule has 0 aliphatic heterocycles. The molecule has 1 aliphatic carbocycles. The average molecular weight is 259 g/mol. The fourth-order valence-electron chi connectivity index (χ4n) is 2.40. The van der Waals surface area contributed by atoms with Gasteiger partial charge in [-0.3, -0.25) is 4.79 Å². The zero-order valence-corrected chi connectivity index (χ0v) is 10.6. The number of fused-ring (bicyclic) bond motifs is 1. The summed E-state index contributed by atoms with van der Waals surface area (Å²) in [4.78, 5) is 12.0. The predicted molar refractivity (Wildman–Crippen MR) is 69.5 cm³/mol. The molecule has 0 fully saturated rings. The van der Waals surface area contributed by atoms with Gasteiger partial charge in [0.1, 0.15) is 0 Å². The first kappa shape index (κ1) is 11.3. The van der Waals surface area contributed by atoms with Crippen LogP contribution in [0, 0.1) is 0 Å². The van der Waals surface area contributed by atoms with Crippen LogP contribution in [0.15, 0.2) is 30.5 Å². The van der Waals surface area contributed by atoms with Crippen molar-refractivity contribution in [3.8, 4) is 0 Å². The SMILES string of the molecule is O=C(N[C@@H]1CCCc2ccccc21)c1cnsn1. The van der Waals surface area contributed by atoms with Crippen LogP contribution < -0.4 is 5.32 Å². The van der Waals surface area contributed by atoms with Crippen molar-refractivity contribution < 1.29 is 4.79 Å². The largest absolute Gasteiger partial charge is 0.344 e. The molecule has 0 unspecified atom stereocenters. The highest BCUT2D eigenvalue weighted by atomic mass is 32.1. The smallest absolute Gasteiger partial charge is 0.273 e. The van der Waals surface area contributed by atoms with Crippen molar-refractivity contribution in [2.45, 2.75) is 25.3 Å². The molecule has 1 N–H and O–H groups in total. The van der Waals surface area contributed by atoms with Crippen molar-refractivity contribution >= 4 is 17.6 Å². The van der Waals surface area contributed by atoms with E-state index >= 15 is 0 Å². The van der Waals surface area contributed by atoms with Crippen LogP contribution in [0.3, 0.4) is 0 Å². The Hall–Kier alpha value is -1.75. The van der Waals surface area contributed by atoms with E-state index in [4.69, 9.17) is 0 Å². The van der Waals surface area contributed by atoms with Gasteiger partial charge in [0, 0.05) is 0 Å². The van der Waals surface area contributed by atoms with E-state index in [9.17, 15) is 4.79 Å². The molecule has 1 atom stereocenters. The summed E-state index contributed by atoms with van der Waals surface area (Å²) in [6.07, 6.45) is 4.70. The van der Waals surface area contributed by atoms with Crippen molar-refractivity contribution in [2.24, 2.45) is 0 Å². The molecule has 1 heterocycles. The van der Waals surface area contributed by atoms with E-state index in [-0.39, 0.29) is 11.9 Å². The summed E-state index contributed by atoms with van der Waals surface area (Å²) in [5.74, 6) is -0.134. The van der Waals surface area contributed by atoms with E-state index in [0.717, 1.165) is 31.0 Å². The van der Waals surface area contributed by atoms with Gasteiger partial charge < -0.3 is 5.32 Å². The monoisotopic (exact) mass is 259 g/mol. The topological polar surface area (TPSA) is 54.9 Å². The minimum Gasteiger partial charge on any atom is -0.344 e. The van der Waals surface area contributed by atoms with Crippen LogP contribution in [0.5, 0.6) is 0 Å². The third-order valence-electron chi connectivity index (χ3n) is 3.27. The highest BCUT2D eigenvalue weighted by Crippen LogP contribution is 2.29. The Kier molecular flexibility index (Phi) is 3.06. The number of nitrogens with one attached hydrogen (secondary N) is 1. The summed E-state index contributed by atoms with van der Waals surface area (Å²) < 4.78 is 7.81. The minimum absolute atomic E-state index is 0.101. The number of benzene rings is 1. The second-order valence-electron chi connectivity index (χ2n) is 4.41. The fraction of sp³-hybridized carbons (Fsp3) is 0.308. The van der Waals surface area contributed by atoms with Gasteiger partial charge in [-0.25, -0.2) is 0 Å². The van der Waals surface area contributed by atoms with Gasteiger partial charge in [0.05, 0.1) is 24.0 Å². The summed E-state index contributed by atoms with van der Waals surface area (Å²) in [6, 6.07) is 8.40. The molecule has 2 aromatic rings. The van der Waals surface area contributed by atoms with Gasteiger partial charge in [-0.15, -0.1) is 0 Å². The molecule has 0 saturated heterocycles. The van der Waals surface area contributed by atoms with Gasteiger partial charge in [-0.1, -0.05) is 24.3 Å². The maximum absolute atomic E-state index is 12.0. The molecule has 0 spiro atoms. The first-order valence-corrected chi connectivity index (χ1v) is 6.74. The van der Waals surface area contributed by atoms with Gasteiger partial charge in [0.25, 0.3) is 5.91 Å². The number of hydrogen-bond donors (Lipinski definition) is 1. The standard InChI is InChI=1S/C13H13N3OS/c17-13(12-8-14-18-16-12)15-11-7-3-5-9-4-1-2-6-10(9)11/h1-2,4,6,8,11H,3,5,7H2,(H,15,17)/t11-/m1/s1. The average Bonchev–Trinajstić information content (AvgIpc) is 2.93. The summed E-state index contributed by atoms with van der Waals surface area (Å²) in [5.41, 5.74) is 2.98. The van der Waals surface area contributed by atoms with Crippen LogP contribution in [0.2, 0.25) is 0 Å². The third kappa shape index (κ3) is 2.13. The molecule has 0 bridgehead atoms. The zero-order valence-electron chi connectivity index (χ0n) is 9.80. The first-order valence-electron chi connectivity index (χ1n) is 6.01. The fourth-order valence-corrected chi connectivity index (χ4v) is 2.81. The van der Waals surface area contributed by atoms with Gasteiger partial charge in [-0.05, 0) is 30.4 Å². The van der Waals surface area contributed by atoms with E-state index in [1.807, 2.05) is 12.1 Å². The van der Waals surface area contributed by atoms with Crippen LogP contribution >= 0.6 is 11.7 Å². The minimum atomic E-state index is -0.134. The Bertz CT molecular complexity index is 553. The van der Waals surface area contributed by atoms with E-state index < -0.39 is 0 Å². The number of amides is 1. The Morgan fingerprint density at radius 3 is 3.11 bits per heavy atom. The zero-order chi connectivity index (χ0) is 12.4. The first-order chi connectivity index (χ1) is 8.84. The van der Waals surface area contributed by atoms with Crippen molar-refractivity contribution in [1.29, 1.82) is 0 Å². The molecule has 92 valence electrons. The number of nitrogens with zero attached hydrogens (tertiary/aromatic N) is 2. The van der Waals surface area contributed by atoms with Crippen molar-refractivity contribution in [1.82, 2.24) is 14.1 Å². The van der Waals surface area contributed by atoms with Gasteiger partial charge in [-0.2, -0.15) is 8.75 Å². The van der Waals surface area contributed by atoms with E-state index in [2.05, 4.69) is 26.2 Å². The van der Waals surface area contributed by atoms with Gasteiger partial charge >= 0.3 is 0 Å². The molecule has 1 aromatic heterocycles. The van der Waals surface area contributed by atoms with Crippen LogP contribution in [0.25, 0.3) is 0 Å².